The molecule has 1 saturated carbocycles. The van der Waals surface area contributed by atoms with Crippen LogP contribution in [0.15, 0.2) is 59.1 Å². The van der Waals surface area contributed by atoms with Crippen molar-refractivity contribution in [1.29, 1.82) is 0 Å². The number of amides is 1. The van der Waals surface area contributed by atoms with E-state index in [1.165, 1.54) is 0 Å². The summed E-state index contributed by atoms with van der Waals surface area (Å²) in [7, 11) is 0. The van der Waals surface area contributed by atoms with E-state index in [4.69, 9.17) is 11.6 Å². The van der Waals surface area contributed by atoms with Gasteiger partial charge in [-0.3, -0.25) is 14.3 Å². The third-order valence-corrected chi connectivity index (χ3v) is 8.18. The summed E-state index contributed by atoms with van der Waals surface area (Å²) in [6, 6.07) is 11.4. The maximum Gasteiger partial charge on any atom is 0.334 e. The lowest BCUT2D eigenvalue weighted by atomic mass is 9.85. The zero-order valence-electron chi connectivity index (χ0n) is 20.2. The summed E-state index contributed by atoms with van der Waals surface area (Å²) in [6.07, 6.45) is 6.83. The first kappa shape index (κ1) is 23.8. The number of nitrogens with zero attached hydrogens (tertiary/aromatic N) is 5. The van der Waals surface area contributed by atoms with Crippen molar-refractivity contribution in [3.63, 3.8) is 0 Å². The van der Waals surface area contributed by atoms with Gasteiger partial charge >= 0.3 is 5.69 Å². The number of fused-ring (bicyclic) bond motifs is 2. The van der Waals surface area contributed by atoms with E-state index >= 15 is 0 Å². The van der Waals surface area contributed by atoms with Gasteiger partial charge in [0, 0.05) is 25.0 Å². The Morgan fingerprint density at radius 2 is 1.97 bits per heavy atom. The van der Waals surface area contributed by atoms with Gasteiger partial charge in [0.05, 0.1) is 43.2 Å². The molecule has 0 radical (unpaired) electrons. The van der Waals surface area contributed by atoms with Crippen LogP contribution in [0, 0.1) is 12.8 Å². The van der Waals surface area contributed by atoms with E-state index in [9.17, 15) is 9.59 Å². The van der Waals surface area contributed by atoms with E-state index in [1.807, 2.05) is 40.4 Å². The molecule has 0 aliphatic heterocycles. The molecule has 188 valence electrons. The summed E-state index contributed by atoms with van der Waals surface area (Å²) in [6.45, 7) is 2.43. The van der Waals surface area contributed by atoms with Gasteiger partial charge in [-0.05, 0) is 74.9 Å². The minimum atomic E-state index is -0.140. The average molecular weight is 533 g/mol. The molecule has 0 unspecified atom stereocenters. The number of imidazole rings is 1. The summed E-state index contributed by atoms with van der Waals surface area (Å²) in [5, 5.41) is 3.59. The highest BCUT2D eigenvalue weighted by molar-refractivity contribution is 7.16. The number of hydrogen-bond donors (Lipinski definition) is 1. The number of benzene rings is 1. The van der Waals surface area contributed by atoms with Crippen LogP contribution in [0.2, 0.25) is 5.02 Å². The van der Waals surface area contributed by atoms with Crippen LogP contribution in [-0.2, 0) is 6.54 Å². The SMILES string of the molecule is Cc1ncc(Cl)cc1C(=O)N[C@H]1CC[C@H](Cn2c(=O)n(-c3ccc4ncsc4c3)c3ncccc32)CC1. The van der Waals surface area contributed by atoms with Crippen molar-refractivity contribution in [1.82, 2.24) is 29.4 Å². The topological polar surface area (TPSA) is 94.7 Å². The molecule has 1 aromatic carbocycles. The standard InChI is InChI=1S/C27H25ClN6O2S/c1-16-21(11-18(28)13-30-16)26(35)32-19-6-4-17(5-7-19)14-33-23-3-2-10-29-25(23)34(27(33)36)20-8-9-22-24(12-20)37-15-31-22/h2-3,8-13,15,17,19H,4-7,14H2,1H3,(H,32,35)/t17-,19-. The Bertz CT molecular complexity index is 1680. The highest BCUT2D eigenvalue weighted by atomic mass is 35.5. The van der Waals surface area contributed by atoms with Crippen molar-refractivity contribution in [3.05, 3.63) is 81.1 Å². The molecule has 1 fully saturated rings. The van der Waals surface area contributed by atoms with Gasteiger partial charge in [-0.2, -0.15) is 0 Å². The van der Waals surface area contributed by atoms with E-state index in [0.29, 0.717) is 34.4 Å². The van der Waals surface area contributed by atoms with Crippen molar-refractivity contribution in [2.24, 2.45) is 5.92 Å². The number of carbonyl (C=O) groups is 1. The molecule has 4 aromatic heterocycles. The number of carbonyl (C=O) groups excluding carboxylic acids is 1. The minimum absolute atomic E-state index is 0.0862. The fraction of sp³-hybridized carbons (Fsp3) is 0.296. The Hall–Kier alpha value is -3.56. The van der Waals surface area contributed by atoms with E-state index in [2.05, 4.69) is 20.3 Å². The second kappa shape index (κ2) is 9.72. The first-order valence-corrected chi connectivity index (χ1v) is 13.6. The summed E-state index contributed by atoms with van der Waals surface area (Å²) in [5.41, 5.74) is 6.10. The van der Waals surface area contributed by atoms with E-state index in [0.717, 1.165) is 47.1 Å². The largest absolute Gasteiger partial charge is 0.349 e. The smallest absolute Gasteiger partial charge is 0.334 e. The predicted octanol–water partition coefficient (Wildman–Crippen LogP) is 5.14. The second-order valence-corrected chi connectivity index (χ2v) is 10.9. The van der Waals surface area contributed by atoms with Crippen molar-refractivity contribution in [3.8, 4) is 5.69 Å². The maximum absolute atomic E-state index is 13.7. The predicted molar refractivity (Wildman–Crippen MR) is 146 cm³/mol. The molecule has 37 heavy (non-hydrogen) atoms. The third-order valence-electron chi connectivity index (χ3n) is 7.18. The molecule has 10 heteroatoms. The minimum Gasteiger partial charge on any atom is -0.349 e. The number of nitrogens with one attached hydrogen (secondary N) is 1. The van der Waals surface area contributed by atoms with E-state index < -0.39 is 0 Å². The number of hydrogen-bond acceptors (Lipinski definition) is 6. The van der Waals surface area contributed by atoms with Gasteiger partial charge in [-0.15, -0.1) is 11.3 Å². The molecular formula is C27H25ClN6O2S. The first-order chi connectivity index (χ1) is 18.0. The fourth-order valence-corrected chi connectivity index (χ4v) is 6.09. The molecule has 0 spiro atoms. The summed E-state index contributed by atoms with van der Waals surface area (Å²) in [4.78, 5) is 39.5. The quantitative estimate of drug-likeness (QED) is 0.338. The molecule has 1 amide bonds. The van der Waals surface area contributed by atoms with Gasteiger partial charge in [0.1, 0.15) is 0 Å². The Morgan fingerprint density at radius 1 is 1.14 bits per heavy atom. The van der Waals surface area contributed by atoms with Gasteiger partial charge in [-0.1, -0.05) is 11.6 Å². The van der Waals surface area contributed by atoms with Gasteiger partial charge in [0.25, 0.3) is 5.91 Å². The highest BCUT2D eigenvalue weighted by Gasteiger charge is 2.26. The number of rotatable bonds is 5. The normalized spacial score (nSPS) is 17.9. The Labute approximate surface area is 222 Å². The zero-order valence-corrected chi connectivity index (χ0v) is 21.8. The fourth-order valence-electron chi connectivity index (χ4n) is 5.23. The van der Waals surface area contributed by atoms with Crippen molar-refractivity contribution in [2.45, 2.75) is 45.2 Å². The second-order valence-electron chi connectivity index (χ2n) is 9.56. The van der Waals surface area contributed by atoms with Gasteiger partial charge in [0.15, 0.2) is 5.65 Å². The molecule has 1 aliphatic carbocycles. The Balaban J connectivity index is 1.20. The number of halogens is 1. The van der Waals surface area contributed by atoms with Gasteiger partial charge in [-0.25, -0.2) is 19.3 Å². The maximum atomic E-state index is 13.7. The Kier molecular flexibility index (Phi) is 6.26. The van der Waals surface area contributed by atoms with Gasteiger partial charge in [0.2, 0.25) is 0 Å². The van der Waals surface area contributed by atoms with E-state index in [1.54, 1.807) is 41.3 Å². The average Bonchev–Trinajstić information content (AvgIpc) is 3.48. The molecule has 4 heterocycles. The molecule has 8 nitrogen and oxygen atoms in total. The first-order valence-electron chi connectivity index (χ1n) is 12.3. The van der Waals surface area contributed by atoms with Crippen LogP contribution in [0.3, 0.4) is 0 Å². The molecule has 0 saturated heterocycles. The highest BCUT2D eigenvalue weighted by Crippen LogP contribution is 2.28. The molecular weight excluding hydrogens is 508 g/mol. The van der Waals surface area contributed by atoms with Crippen molar-refractivity contribution >= 4 is 50.2 Å². The van der Waals surface area contributed by atoms with Crippen LogP contribution in [-0.4, -0.2) is 36.0 Å². The van der Waals surface area contributed by atoms with Crippen LogP contribution < -0.4 is 11.0 Å². The number of aryl methyl sites for hydroxylation is 1. The number of pyridine rings is 2. The van der Waals surface area contributed by atoms with Crippen LogP contribution in [0.5, 0.6) is 0 Å². The molecule has 0 bridgehead atoms. The summed E-state index contributed by atoms with van der Waals surface area (Å²) in [5.74, 6) is 0.197. The van der Waals surface area contributed by atoms with Crippen LogP contribution >= 0.6 is 22.9 Å². The summed E-state index contributed by atoms with van der Waals surface area (Å²) >= 11 is 7.59. The zero-order chi connectivity index (χ0) is 25.5. The van der Waals surface area contributed by atoms with E-state index in [-0.39, 0.29) is 17.6 Å². The van der Waals surface area contributed by atoms with Gasteiger partial charge < -0.3 is 5.32 Å². The summed E-state index contributed by atoms with van der Waals surface area (Å²) < 4.78 is 4.58. The van der Waals surface area contributed by atoms with Crippen molar-refractivity contribution in [2.75, 3.05) is 0 Å². The van der Waals surface area contributed by atoms with Crippen LogP contribution in [0.4, 0.5) is 0 Å². The molecule has 5 aromatic rings. The van der Waals surface area contributed by atoms with Crippen molar-refractivity contribution < 1.29 is 4.79 Å². The molecule has 0 atom stereocenters. The number of thiazole rings is 1. The third kappa shape index (κ3) is 4.53. The lowest BCUT2D eigenvalue weighted by Gasteiger charge is -2.29. The lowest BCUT2D eigenvalue weighted by molar-refractivity contribution is 0.0919. The Morgan fingerprint density at radius 3 is 2.81 bits per heavy atom. The van der Waals surface area contributed by atoms with Crippen LogP contribution in [0.25, 0.3) is 27.1 Å². The number of aromatic nitrogens is 5. The lowest BCUT2D eigenvalue weighted by Crippen LogP contribution is -2.39. The van der Waals surface area contributed by atoms with Crippen LogP contribution in [0.1, 0.15) is 41.7 Å². The molecule has 1 N–H and O–H groups in total. The molecule has 1 aliphatic rings. The molecule has 6 rings (SSSR count). The monoisotopic (exact) mass is 532 g/mol.